The fraction of sp³-hybridized carbons (Fsp3) is 0.250. The summed E-state index contributed by atoms with van der Waals surface area (Å²) in [7, 11) is 0. The van der Waals surface area contributed by atoms with Gasteiger partial charge in [-0.1, -0.05) is 42.0 Å². The van der Waals surface area contributed by atoms with Gasteiger partial charge in [-0.2, -0.15) is 0 Å². The lowest BCUT2D eigenvalue weighted by atomic mass is 10.0. The van der Waals surface area contributed by atoms with Gasteiger partial charge in [0, 0.05) is 18.4 Å². The molecule has 0 fully saturated rings. The molecule has 1 amide bonds. The predicted octanol–water partition coefficient (Wildman–Crippen LogP) is 3.35. The molecule has 1 unspecified atom stereocenters. The highest BCUT2D eigenvalue weighted by atomic mass is 19.1. The van der Waals surface area contributed by atoms with Crippen LogP contribution >= 0.6 is 0 Å². The molecule has 5 nitrogen and oxygen atoms in total. The van der Waals surface area contributed by atoms with Crippen molar-refractivity contribution in [1.29, 1.82) is 0 Å². The Bertz CT molecular complexity index is 830. The molecule has 2 N–H and O–H groups in total. The minimum Gasteiger partial charge on any atom is -0.479 e. The molecule has 6 heteroatoms. The summed E-state index contributed by atoms with van der Waals surface area (Å²) in [6, 6.07) is 9.57. The zero-order valence-corrected chi connectivity index (χ0v) is 14.6. The number of hydrogen-bond acceptors (Lipinski definition) is 3. The average Bonchev–Trinajstić information content (AvgIpc) is 2.60. The van der Waals surface area contributed by atoms with Crippen LogP contribution in [0.3, 0.4) is 0 Å². The van der Waals surface area contributed by atoms with Gasteiger partial charge in [-0.3, -0.25) is 9.59 Å². The summed E-state index contributed by atoms with van der Waals surface area (Å²) in [6.07, 6.45) is -0.152. The molecule has 0 aromatic heterocycles. The zero-order valence-electron chi connectivity index (χ0n) is 14.6. The van der Waals surface area contributed by atoms with Crippen molar-refractivity contribution in [1.82, 2.24) is 5.32 Å². The van der Waals surface area contributed by atoms with E-state index in [2.05, 4.69) is 5.32 Å². The molecule has 0 radical (unpaired) electrons. The summed E-state index contributed by atoms with van der Waals surface area (Å²) in [4.78, 5) is 35.6. The Labute approximate surface area is 150 Å². The summed E-state index contributed by atoms with van der Waals surface area (Å²) in [6.45, 7) is 3.42. The van der Waals surface area contributed by atoms with Gasteiger partial charge < -0.3 is 10.4 Å². The molecule has 0 heterocycles. The van der Waals surface area contributed by atoms with Crippen LogP contribution in [0.2, 0.25) is 0 Å². The number of aryl methyl sites for hydroxylation is 2. The van der Waals surface area contributed by atoms with Crippen molar-refractivity contribution in [3.8, 4) is 0 Å². The fourth-order valence-electron chi connectivity index (χ4n) is 2.48. The van der Waals surface area contributed by atoms with E-state index < -0.39 is 23.7 Å². The van der Waals surface area contributed by atoms with Crippen LogP contribution in [-0.4, -0.2) is 22.8 Å². The first kappa shape index (κ1) is 19.3. The molecule has 0 aliphatic heterocycles. The maximum absolute atomic E-state index is 13.3. The topological polar surface area (TPSA) is 83.5 Å². The monoisotopic (exact) mass is 357 g/mol. The van der Waals surface area contributed by atoms with E-state index in [1.165, 1.54) is 19.1 Å². The first-order valence-electron chi connectivity index (χ1n) is 8.16. The Balaban J connectivity index is 1.99. The van der Waals surface area contributed by atoms with Crippen LogP contribution in [0.25, 0.3) is 0 Å². The average molecular weight is 357 g/mol. The number of halogens is 1. The van der Waals surface area contributed by atoms with Crippen molar-refractivity contribution in [3.05, 3.63) is 70.5 Å². The molecule has 26 heavy (non-hydrogen) atoms. The van der Waals surface area contributed by atoms with Gasteiger partial charge in [0.2, 0.25) is 5.91 Å². The third-order valence-electron chi connectivity index (χ3n) is 4.02. The van der Waals surface area contributed by atoms with Crippen molar-refractivity contribution >= 4 is 17.7 Å². The van der Waals surface area contributed by atoms with Crippen LogP contribution < -0.4 is 5.32 Å². The SMILES string of the molecule is Cc1ccc(C(=O)CCC(=O)NC(C(=O)O)c2ccc(F)c(C)c2)cc1. The zero-order chi connectivity index (χ0) is 19.3. The number of rotatable bonds is 7. The first-order chi connectivity index (χ1) is 12.3. The Morgan fingerprint density at radius 3 is 2.27 bits per heavy atom. The van der Waals surface area contributed by atoms with E-state index in [0.717, 1.165) is 11.6 Å². The van der Waals surface area contributed by atoms with Gasteiger partial charge in [0.25, 0.3) is 0 Å². The lowest BCUT2D eigenvalue weighted by molar-refractivity contribution is -0.142. The number of carbonyl (C=O) groups is 3. The van der Waals surface area contributed by atoms with Crippen molar-refractivity contribution in [3.63, 3.8) is 0 Å². The number of carboxylic acid groups (broad SMARTS) is 1. The van der Waals surface area contributed by atoms with Crippen LogP contribution in [0.5, 0.6) is 0 Å². The summed E-state index contributed by atoms with van der Waals surface area (Å²) in [5.74, 6) is -2.45. The smallest absolute Gasteiger partial charge is 0.330 e. The lowest BCUT2D eigenvalue weighted by Gasteiger charge is -2.15. The molecule has 2 aromatic carbocycles. The summed E-state index contributed by atoms with van der Waals surface area (Å²) < 4.78 is 13.3. The van der Waals surface area contributed by atoms with Gasteiger partial charge in [-0.15, -0.1) is 0 Å². The van der Waals surface area contributed by atoms with E-state index in [4.69, 9.17) is 0 Å². The number of carboxylic acids is 1. The predicted molar refractivity (Wildman–Crippen MR) is 94.4 cm³/mol. The number of ketones is 1. The number of Topliss-reactive ketones (excluding diaryl/α,β-unsaturated/α-hetero) is 1. The Hall–Kier alpha value is -3.02. The third-order valence-corrected chi connectivity index (χ3v) is 4.02. The van der Waals surface area contributed by atoms with Crippen molar-refractivity contribution in [2.45, 2.75) is 32.7 Å². The van der Waals surface area contributed by atoms with E-state index in [1.807, 2.05) is 19.1 Å². The first-order valence-corrected chi connectivity index (χ1v) is 8.16. The van der Waals surface area contributed by atoms with Crippen LogP contribution in [0.1, 0.15) is 45.9 Å². The standard InChI is InChI=1S/C20H20FNO4/c1-12-3-5-14(6-4-12)17(23)9-10-18(24)22-19(20(25)26)15-7-8-16(21)13(2)11-15/h3-8,11,19H,9-10H2,1-2H3,(H,22,24)(H,25,26). The van der Waals surface area contributed by atoms with Gasteiger partial charge in [-0.25, -0.2) is 9.18 Å². The van der Waals surface area contributed by atoms with Gasteiger partial charge >= 0.3 is 5.97 Å². The Morgan fingerprint density at radius 1 is 1.04 bits per heavy atom. The highest BCUT2D eigenvalue weighted by Gasteiger charge is 2.23. The second kappa shape index (κ2) is 8.38. The van der Waals surface area contributed by atoms with Gasteiger partial charge in [0.15, 0.2) is 11.8 Å². The number of nitrogens with one attached hydrogen (secondary N) is 1. The Kier molecular flexibility index (Phi) is 6.22. The van der Waals surface area contributed by atoms with Gasteiger partial charge in [0.05, 0.1) is 0 Å². The van der Waals surface area contributed by atoms with Crippen molar-refractivity contribution < 1.29 is 23.9 Å². The van der Waals surface area contributed by atoms with E-state index in [0.29, 0.717) is 5.56 Å². The highest BCUT2D eigenvalue weighted by Crippen LogP contribution is 2.18. The summed E-state index contributed by atoms with van der Waals surface area (Å²) in [5, 5.41) is 11.7. The largest absolute Gasteiger partial charge is 0.479 e. The van der Waals surface area contributed by atoms with Crippen LogP contribution in [0.4, 0.5) is 4.39 Å². The van der Waals surface area contributed by atoms with Crippen LogP contribution in [-0.2, 0) is 9.59 Å². The van der Waals surface area contributed by atoms with E-state index >= 15 is 0 Å². The molecule has 1 atom stereocenters. The number of carbonyl (C=O) groups excluding carboxylic acids is 2. The number of benzene rings is 2. The molecular weight excluding hydrogens is 337 g/mol. The maximum atomic E-state index is 13.3. The number of hydrogen-bond donors (Lipinski definition) is 2. The van der Waals surface area contributed by atoms with Crippen LogP contribution in [0.15, 0.2) is 42.5 Å². The highest BCUT2D eigenvalue weighted by molar-refractivity contribution is 5.98. The van der Waals surface area contributed by atoms with Crippen molar-refractivity contribution in [2.75, 3.05) is 0 Å². The second-order valence-corrected chi connectivity index (χ2v) is 6.14. The molecule has 0 aliphatic carbocycles. The number of aliphatic carboxylic acids is 1. The summed E-state index contributed by atoms with van der Waals surface area (Å²) >= 11 is 0. The molecule has 136 valence electrons. The Morgan fingerprint density at radius 2 is 1.69 bits per heavy atom. The number of amides is 1. The maximum Gasteiger partial charge on any atom is 0.330 e. The molecule has 2 aromatic rings. The summed E-state index contributed by atoms with van der Waals surface area (Å²) in [5.41, 5.74) is 2.10. The fourth-order valence-corrected chi connectivity index (χ4v) is 2.48. The van der Waals surface area contributed by atoms with Crippen molar-refractivity contribution in [2.24, 2.45) is 0 Å². The normalized spacial score (nSPS) is 11.7. The van der Waals surface area contributed by atoms with E-state index in [9.17, 15) is 23.9 Å². The molecule has 0 saturated heterocycles. The minimum absolute atomic E-state index is 0.0241. The molecule has 0 spiro atoms. The molecule has 0 bridgehead atoms. The van der Waals surface area contributed by atoms with E-state index in [1.54, 1.807) is 12.1 Å². The molecule has 0 saturated carbocycles. The molecular formula is C20H20FNO4. The lowest BCUT2D eigenvalue weighted by Crippen LogP contribution is -2.34. The van der Waals surface area contributed by atoms with Gasteiger partial charge in [-0.05, 0) is 31.0 Å². The minimum atomic E-state index is -1.30. The third kappa shape index (κ3) is 4.99. The van der Waals surface area contributed by atoms with Gasteiger partial charge in [0.1, 0.15) is 5.82 Å². The molecule has 0 aliphatic rings. The second-order valence-electron chi connectivity index (χ2n) is 6.14. The van der Waals surface area contributed by atoms with Crippen LogP contribution in [0, 0.1) is 19.7 Å². The van der Waals surface area contributed by atoms with E-state index in [-0.39, 0.29) is 29.8 Å². The quantitative estimate of drug-likeness (QED) is 0.745. The molecule has 2 rings (SSSR count).